The number of rotatable bonds is 2. The Morgan fingerprint density at radius 1 is 1.19 bits per heavy atom. The maximum atomic E-state index is 11.3. The number of nitro groups is 1. The minimum atomic E-state index is -0.518. The largest absolute Gasteiger partial charge is 0.465 e. The number of pyridine rings is 1. The zero-order valence-electron chi connectivity index (χ0n) is 11.1. The van der Waals surface area contributed by atoms with Crippen LogP contribution in [0.4, 0.5) is 5.69 Å². The SMILES string of the molecule is COC(=O)c1ccc(C#Cc2ccc([N+](=O)[O-])cn2)cc1. The van der Waals surface area contributed by atoms with Crippen molar-refractivity contribution in [3.05, 3.63) is 69.5 Å². The topological polar surface area (TPSA) is 82.3 Å². The number of ether oxygens (including phenoxy) is 1. The standard InChI is InChI=1S/C15H10N2O4/c1-21-15(18)12-5-2-11(3-6-12)4-7-13-8-9-14(10-16-13)17(19)20/h2-3,5-6,8-10H,1H3. The number of nitrogens with zero attached hydrogens (tertiary/aromatic N) is 2. The van der Waals surface area contributed by atoms with Gasteiger partial charge in [-0.25, -0.2) is 9.78 Å². The highest BCUT2D eigenvalue weighted by Gasteiger charge is 2.04. The van der Waals surface area contributed by atoms with Crippen LogP contribution in [0.15, 0.2) is 42.6 Å². The lowest BCUT2D eigenvalue weighted by atomic mass is 10.1. The van der Waals surface area contributed by atoms with Crippen LogP contribution in [0.25, 0.3) is 0 Å². The number of esters is 1. The maximum Gasteiger partial charge on any atom is 0.337 e. The van der Waals surface area contributed by atoms with E-state index in [-0.39, 0.29) is 5.69 Å². The zero-order valence-corrected chi connectivity index (χ0v) is 11.1. The zero-order chi connectivity index (χ0) is 15.2. The fourth-order valence-corrected chi connectivity index (χ4v) is 1.51. The molecule has 1 aromatic carbocycles. The van der Waals surface area contributed by atoms with E-state index in [9.17, 15) is 14.9 Å². The van der Waals surface area contributed by atoms with E-state index >= 15 is 0 Å². The fourth-order valence-electron chi connectivity index (χ4n) is 1.51. The first kappa shape index (κ1) is 14.2. The molecule has 2 aromatic rings. The van der Waals surface area contributed by atoms with Crippen molar-refractivity contribution in [3.8, 4) is 11.8 Å². The van der Waals surface area contributed by atoms with Crippen molar-refractivity contribution >= 4 is 11.7 Å². The van der Waals surface area contributed by atoms with E-state index < -0.39 is 10.9 Å². The molecule has 0 atom stereocenters. The molecule has 0 amide bonds. The van der Waals surface area contributed by atoms with E-state index in [1.807, 2.05) is 0 Å². The van der Waals surface area contributed by atoms with Gasteiger partial charge in [0.1, 0.15) is 11.9 Å². The summed E-state index contributed by atoms with van der Waals surface area (Å²) in [5, 5.41) is 10.5. The third-order valence-electron chi connectivity index (χ3n) is 2.60. The Bertz CT molecular complexity index is 725. The van der Waals surface area contributed by atoms with E-state index in [2.05, 4.69) is 21.6 Å². The molecule has 0 radical (unpaired) electrons. The third-order valence-corrected chi connectivity index (χ3v) is 2.60. The number of carbonyl (C=O) groups excluding carboxylic acids is 1. The van der Waals surface area contributed by atoms with Gasteiger partial charge in [0.25, 0.3) is 5.69 Å². The first-order chi connectivity index (χ1) is 10.1. The lowest BCUT2D eigenvalue weighted by Gasteiger charge is -1.98. The number of hydrogen-bond acceptors (Lipinski definition) is 5. The van der Waals surface area contributed by atoms with E-state index in [4.69, 9.17) is 0 Å². The first-order valence-electron chi connectivity index (χ1n) is 5.91. The van der Waals surface area contributed by atoms with Crippen LogP contribution in [0.5, 0.6) is 0 Å². The van der Waals surface area contributed by atoms with Crippen molar-refractivity contribution < 1.29 is 14.5 Å². The highest BCUT2D eigenvalue weighted by atomic mass is 16.6. The van der Waals surface area contributed by atoms with E-state index in [0.29, 0.717) is 16.8 Å². The van der Waals surface area contributed by atoms with E-state index in [0.717, 1.165) is 6.20 Å². The van der Waals surface area contributed by atoms with Gasteiger partial charge in [-0.15, -0.1) is 0 Å². The Labute approximate surface area is 120 Å². The molecule has 1 heterocycles. The summed E-state index contributed by atoms with van der Waals surface area (Å²) in [5.74, 6) is 5.24. The van der Waals surface area contributed by atoms with Crippen molar-refractivity contribution in [2.75, 3.05) is 7.11 Å². The Morgan fingerprint density at radius 3 is 2.43 bits per heavy atom. The summed E-state index contributed by atoms with van der Waals surface area (Å²) >= 11 is 0. The van der Waals surface area contributed by atoms with Gasteiger partial charge in [0.15, 0.2) is 0 Å². The van der Waals surface area contributed by atoms with Crippen LogP contribution in [0, 0.1) is 22.0 Å². The highest BCUT2D eigenvalue weighted by molar-refractivity contribution is 5.89. The average molecular weight is 282 g/mol. The molecule has 6 nitrogen and oxygen atoms in total. The summed E-state index contributed by atoms with van der Waals surface area (Å²) in [7, 11) is 1.32. The maximum absolute atomic E-state index is 11.3. The number of benzene rings is 1. The molecule has 1 aromatic heterocycles. The molecule has 0 aliphatic carbocycles. The van der Waals surface area contributed by atoms with Crippen molar-refractivity contribution in [1.82, 2.24) is 4.98 Å². The number of carbonyl (C=O) groups is 1. The molecule has 0 N–H and O–H groups in total. The monoisotopic (exact) mass is 282 g/mol. The third kappa shape index (κ3) is 3.64. The molecule has 0 saturated heterocycles. The normalized spacial score (nSPS) is 9.38. The predicted octanol–water partition coefficient (Wildman–Crippen LogP) is 2.18. The van der Waals surface area contributed by atoms with Crippen LogP contribution in [-0.2, 0) is 4.74 Å². The Morgan fingerprint density at radius 2 is 1.90 bits per heavy atom. The molecule has 0 spiro atoms. The number of aromatic nitrogens is 1. The van der Waals surface area contributed by atoms with E-state index in [1.165, 1.54) is 19.2 Å². The Kier molecular flexibility index (Phi) is 4.26. The molecule has 0 fully saturated rings. The van der Waals surface area contributed by atoms with E-state index in [1.54, 1.807) is 24.3 Å². The quantitative estimate of drug-likeness (QED) is 0.365. The first-order valence-corrected chi connectivity index (χ1v) is 5.91. The summed E-state index contributed by atoms with van der Waals surface area (Å²) in [4.78, 5) is 25.1. The van der Waals surface area contributed by atoms with Crippen LogP contribution in [0.1, 0.15) is 21.6 Å². The second-order valence-electron chi connectivity index (χ2n) is 3.98. The number of hydrogen-bond donors (Lipinski definition) is 0. The molecule has 104 valence electrons. The fraction of sp³-hybridized carbons (Fsp3) is 0.0667. The second kappa shape index (κ2) is 6.30. The Balaban J connectivity index is 2.15. The van der Waals surface area contributed by atoms with Gasteiger partial charge in [-0.05, 0) is 36.3 Å². The van der Waals surface area contributed by atoms with Gasteiger partial charge in [0.2, 0.25) is 0 Å². The average Bonchev–Trinajstić information content (AvgIpc) is 2.53. The molecule has 0 unspecified atom stereocenters. The minimum Gasteiger partial charge on any atom is -0.465 e. The van der Waals surface area contributed by atoms with Crippen LogP contribution in [0.2, 0.25) is 0 Å². The van der Waals surface area contributed by atoms with Crippen LogP contribution in [-0.4, -0.2) is 23.0 Å². The lowest BCUT2D eigenvalue weighted by molar-refractivity contribution is -0.385. The second-order valence-corrected chi connectivity index (χ2v) is 3.98. The Hall–Kier alpha value is -3.20. The summed E-state index contributed by atoms with van der Waals surface area (Å²) in [5.41, 5.74) is 1.49. The van der Waals surface area contributed by atoms with Gasteiger partial charge < -0.3 is 4.74 Å². The molecule has 0 saturated carbocycles. The molecular weight excluding hydrogens is 272 g/mol. The number of methoxy groups -OCH3 is 1. The highest BCUT2D eigenvalue weighted by Crippen LogP contribution is 2.08. The summed E-state index contributed by atoms with van der Waals surface area (Å²) < 4.78 is 4.60. The van der Waals surface area contributed by atoms with Crippen molar-refractivity contribution in [2.45, 2.75) is 0 Å². The molecule has 2 rings (SSSR count). The van der Waals surface area contributed by atoms with Gasteiger partial charge in [-0.3, -0.25) is 10.1 Å². The lowest BCUT2D eigenvalue weighted by Crippen LogP contribution is -2.00. The summed E-state index contributed by atoms with van der Waals surface area (Å²) in [6.45, 7) is 0. The van der Waals surface area contributed by atoms with Gasteiger partial charge in [-0.2, -0.15) is 0 Å². The van der Waals surface area contributed by atoms with Crippen molar-refractivity contribution in [1.29, 1.82) is 0 Å². The molecule has 6 heteroatoms. The molecular formula is C15H10N2O4. The molecule has 0 aliphatic heterocycles. The minimum absolute atomic E-state index is 0.0806. The van der Waals surface area contributed by atoms with Crippen LogP contribution >= 0.6 is 0 Å². The van der Waals surface area contributed by atoms with Gasteiger partial charge in [0, 0.05) is 11.6 Å². The molecule has 0 aliphatic rings. The smallest absolute Gasteiger partial charge is 0.337 e. The van der Waals surface area contributed by atoms with Gasteiger partial charge in [0.05, 0.1) is 17.6 Å². The summed E-state index contributed by atoms with van der Waals surface area (Å²) in [6, 6.07) is 9.42. The van der Waals surface area contributed by atoms with Gasteiger partial charge >= 0.3 is 5.97 Å². The van der Waals surface area contributed by atoms with Crippen LogP contribution in [0.3, 0.4) is 0 Å². The van der Waals surface area contributed by atoms with Crippen molar-refractivity contribution in [3.63, 3.8) is 0 Å². The molecule has 0 bridgehead atoms. The van der Waals surface area contributed by atoms with Crippen molar-refractivity contribution in [2.24, 2.45) is 0 Å². The summed E-state index contributed by atoms with van der Waals surface area (Å²) in [6.07, 6.45) is 1.16. The molecule has 21 heavy (non-hydrogen) atoms. The van der Waals surface area contributed by atoms with Crippen LogP contribution < -0.4 is 0 Å². The predicted molar refractivity (Wildman–Crippen MR) is 74.7 cm³/mol. The van der Waals surface area contributed by atoms with Gasteiger partial charge in [-0.1, -0.05) is 5.92 Å².